The molecule has 0 aliphatic heterocycles. The van der Waals surface area contributed by atoms with Gasteiger partial charge in [-0.1, -0.05) is 64.7 Å². The fraction of sp³-hybridized carbons (Fsp3) is 0.542. The molecule has 0 radical (unpaired) electrons. The van der Waals surface area contributed by atoms with Crippen molar-refractivity contribution in [1.29, 1.82) is 0 Å². The van der Waals surface area contributed by atoms with E-state index in [9.17, 15) is 4.79 Å². The molecule has 2 aromatic rings. The molecule has 0 aliphatic carbocycles. The molecule has 0 N–H and O–H groups in total. The molecule has 1 heterocycles. The van der Waals surface area contributed by atoms with Gasteiger partial charge in [0.05, 0.1) is 12.0 Å². The van der Waals surface area contributed by atoms with Crippen LogP contribution in [-0.4, -0.2) is 12.9 Å². The Kier molecular flexibility index (Phi) is 10.2. The van der Waals surface area contributed by atoms with Crippen molar-refractivity contribution in [3.05, 3.63) is 51.7 Å². The number of benzene rings is 1. The maximum atomic E-state index is 12.6. The van der Waals surface area contributed by atoms with E-state index in [1.165, 1.54) is 69.8 Å². The lowest BCUT2D eigenvalue weighted by Gasteiger charge is -2.02. The summed E-state index contributed by atoms with van der Waals surface area (Å²) in [6.45, 7) is 2.27. The fourth-order valence-electron chi connectivity index (χ4n) is 3.33. The third-order valence-corrected chi connectivity index (χ3v) is 6.03. The zero-order valence-electron chi connectivity index (χ0n) is 17.0. The van der Waals surface area contributed by atoms with Crippen LogP contribution in [0.5, 0.6) is 5.75 Å². The molecule has 2 nitrogen and oxygen atoms in total. The summed E-state index contributed by atoms with van der Waals surface area (Å²) in [5, 5.41) is 2.14. The third kappa shape index (κ3) is 7.88. The summed E-state index contributed by atoms with van der Waals surface area (Å²) >= 11 is 1.56. The second-order valence-electron chi connectivity index (χ2n) is 7.31. The number of unbranched alkanes of at least 4 members (excludes halogenated alkanes) is 9. The van der Waals surface area contributed by atoms with Crippen molar-refractivity contribution < 1.29 is 9.53 Å². The molecule has 0 saturated heterocycles. The Balaban J connectivity index is 1.63. The van der Waals surface area contributed by atoms with Gasteiger partial charge in [0.15, 0.2) is 0 Å². The van der Waals surface area contributed by atoms with Crippen LogP contribution in [0.2, 0.25) is 0 Å². The van der Waals surface area contributed by atoms with Gasteiger partial charge in [-0.05, 0) is 54.1 Å². The molecule has 3 heteroatoms. The van der Waals surface area contributed by atoms with Gasteiger partial charge < -0.3 is 4.74 Å². The minimum atomic E-state index is 0.108. The standard InChI is InChI=1S/C24H34O2S/c1-3-4-5-6-7-8-9-10-11-12-13-20-18-23(27-19-20)24(25)21-14-16-22(26-2)17-15-21/h14-19H,3-13H2,1-2H3. The van der Waals surface area contributed by atoms with E-state index in [4.69, 9.17) is 4.74 Å². The van der Waals surface area contributed by atoms with E-state index in [0.717, 1.165) is 22.6 Å². The smallest absolute Gasteiger partial charge is 0.202 e. The molecule has 2 rings (SSSR count). The molecule has 27 heavy (non-hydrogen) atoms. The minimum absolute atomic E-state index is 0.108. The Bertz CT molecular complexity index is 657. The highest BCUT2D eigenvalue weighted by molar-refractivity contribution is 7.12. The second-order valence-corrected chi connectivity index (χ2v) is 8.22. The number of hydrogen-bond donors (Lipinski definition) is 0. The average Bonchev–Trinajstić information content (AvgIpc) is 3.18. The Labute approximate surface area is 169 Å². The summed E-state index contributed by atoms with van der Waals surface area (Å²) in [7, 11) is 1.63. The molecule has 148 valence electrons. The normalized spacial score (nSPS) is 10.9. The Morgan fingerprint density at radius 3 is 2.07 bits per heavy atom. The van der Waals surface area contributed by atoms with Crippen LogP contribution in [0.25, 0.3) is 0 Å². The highest BCUT2D eigenvalue weighted by Gasteiger charge is 2.12. The molecule has 0 bridgehead atoms. The first kappa shape index (κ1) is 21.7. The van der Waals surface area contributed by atoms with Crippen LogP contribution in [0, 0.1) is 0 Å². The van der Waals surface area contributed by atoms with Gasteiger partial charge in [0.2, 0.25) is 5.78 Å². The lowest BCUT2D eigenvalue weighted by Crippen LogP contribution is -1.98. The second kappa shape index (κ2) is 12.7. The lowest BCUT2D eigenvalue weighted by molar-refractivity contribution is 0.104. The largest absolute Gasteiger partial charge is 0.497 e. The van der Waals surface area contributed by atoms with Crippen molar-refractivity contribution in [2.45, 2.75) is 77.6 Å². The van der Waals surface area contributed by atoms with E-state index in [2.05, 4.69) is 18.4 Å². The fourth-order valence-corrected chi connectivity index (χ4v) is 4.24. The van der Waals surface area contributed by atoms with Gasteiger partial charge in [-0.15, -0.1) is 11.3 Å². The van der Waals surface area contributed by atoms with E-state index < -0.39 is 0 Å². The number of thiophene rings is 1. The van der Waals surface area contributed by atoms with Gasteiger partial charge in [0.25, 0.3) is 0 Å². The Morgan fingerprint density at radius 1 is 0.889 bits per heavy atom. The number of carbonyl (C=O) groups is 1. The van der Waals surface area contributed by atoms with E-state index >= 15 is 0 Å². The predicted molar refractivity (Wildman–Crippen MR) is 116 cm³/mol. The first-order chi connectivity index (χ1) is 13.2. The van der Waals surface area contributed by atoms with Gasteiger partial charge in [-0.3, -0.25) is 4.79 Å². The zero-order valence-corrected chi connectivity index (χ0v) is 17.8. The Hall–Kier alpha value is -1.61. The number of aryl methyl sites for hydroxylation is 1. The van der Waals surface area contributed by atoms with Crippen molar-refractivity contribution in [2.75, 3.05) is 7.11 Å². The van der Waals surface area contributed by atoms with Crippen molar-refractivity contribution in [2.24, 2.45) is 0 Å². The molecule has 0 atom stereocenters. The first-order valence-electron chi connectivity index (χ1n) is 10.5. The summed E-state index contributed by atoms with van der Waals surface area (Å²) in [6.07, 6.45) is 14.7. The molecule has 0 saturated carbocycles. The van der Waals surface area contributed by atoms with Gasteiger partial charge in [-0.25, -0.2) is 0 Å². The number of rotatable bonds is 14. The summed E-state index contributed by atoms with van der Waals surface area (Å²) in [5.41, 5.74) is 2.03. The number of carbonyl (C=O) groups excluding carboxylic acids is 1. The zero-order chi connectivity index (χ0) is 19.3. The SMILES string of the molecule is CCCCCCCCCCCCc1csc(C(=O)c2ccc(OC)cc2)c1. The summed E-state index contributed by atoms with van der Waals surface area (Å²) in [5.74, 6) is 0.886. The van der Waals surface area contributed by atoms with Crippen molar-refractivity contribution in [3.63, 3.8) is 0 Å². The predicted octanol–water partition coefficient (Wildman–Crippen LogP) is 7.45. The first-order valence-corrected chi connectivity index (χ1v) is 11.4. The molecule has 0 spiro atoms. The van der Waals surface area contributed by atoms with Crippen molar-refractivity contribution in [1.82, 2.24) is 0 Å². The summed E-state index contributed by atoms with van der Waals surface area (Å²) in [4.78, 5) is 13.4. The van der Waals surface area contributed by atoms with Gasteiger partial charge in [0, 0.05) is 5.56 Å². The molecule has 0 amide bonds. The molecule has 1 aromatic heterocycles. The highest BCUT2D eigenvalue weighted by Crippen LogP contribution is 2.22. The van der Waals surface area contributed by atoms with E-state index in [1.807, 2.05) is 24.3 Å². The molecule has 0 fully saturated rings. The topological polar surface area (TPSA) is 26.3 Å². The summed E-state index contributed by atoms with van der Waals surface area (Å²) in [6, 6.07) is 9.42. The number of ether oxygens (including phenoxy) is 1. The third-order valence-electron chi connectivity index (χ3n) is 5.05. The van der Waals surface area contributed by atoms with E-state index in [0.29, 0.717) is 0 Å². The summed E-state index contributed by atoms with van der Waals surface area (Å²) < 4.78 is 5.15. The van der Waals surface area contributed by atoms with Gasteiger partial charge in [-0.2, -0.15) is 0 Å². The van der Waals surface area contributed by atoms with Crippen LogP contribution >= 0.6 is 11.3 Å². The number of hydrogen-bond acceptors (Lipinski definition) is 3. The molecule has 0 aliphatic rings. The molecular formula is C24H34O2S. The highest BCUT2D eigenvalue weighted by atomic mass is 32.1. The van der Waals surface area contributed by atoms with Crippen molar-refractivity contribution >= 4 is 17.1 Å². The monoisotopic (exact) mass is 386 g/mol. The van der Waals surface area contributed by atoms with Gasteiger partial charge in [0.1, 0.15) is 5.75 Å². The van der Waals surface area contributed by atoms with Crippen LogP contribution in [-0.2, 0) is 6.42 Å². The molecular weight excluding hydrogens is 352 g/mol. The Morgan fingerprint density at radius 2 is 1.48 bits per heavy atom. The van der Waals surface area contributed by atoms with Crippen molar-refractivity contribution in [3.8, 4) is 5.75 Å². The van der Waals surface area contributed by atoms with E-state index in [1.54, 1.807) is 18.4 Å². The van der Waals surface area contributed by atoms with E-state index in [-0.39, 0.29) is 5.78 Å². The van der Waals surface area contributed by atoms with Crippen LogP contribution in [0.3, 0.4) is 0 Å². The molecule has 1 aromatic carbocycles. The quantitative estimate of drug-likeness (QED) is 0.249. The minimum Gasteiger partial charge on any atom is -0.497 e. The van der Waals surface area contributed by atoms with Crippen LogP contribution in [0.1, 0.15) is 91.9 Å². The maximum Gasteiger partial charge on any atom is 0.202 e. The lowest BCUT2D eigenvalue weighted by atomic mass is 10.0. The average molecular weight is 387 g/mol. The van der Waals surface area contributed by atoms with Gasteiger partial charge >= 0.3 is 0 Å². The van der Waals surface area contributed by atoms with Crippen LogP contribution in [0.15, 0.2) is 35.7 Å². The van der Waals surface area contributed by atoms with Crippen LogP contribution in [0.4, 0.5) is 0 Å². The molecule has 0 unspecified atom stereocenters. The number of methoxy groups -OCH3 is 1. The van der Waals surface area contributed by atoms with Crippen LogP contribution < -0.4 is 4.74 Å². The number of ketones is 1. The maximum absolute atomic E-state index is 12.6.